The maximum atomic E-state index is 15.0. The van der Waals surface area contributed by atoms with Gasteiger partial charge in [0, 0.05) is 46.5 Å². The molecule has 3 aromatic carbocycles. The molecule has 3 fully saturated rings. The van der Waals surface area contributed by atoms with Crippen LogP contribution in [-0.4, -0.2) is 43.4 Å². The number of nitro benzene ring substituents is 1. The first-order valence-electron chi connectivity index (χ1n) is 17.5. The molecule has 14 heteroatoms. The molecule has 2 saturated heterocycles. The number of non-ortho nitro benzene ring substituents is 1. The summed E-state index contributed by atoms with van der Waals surface area (Å²) in [4.78, 5) is 72.2. The largest absolute Gasteiger partial charge is 0.508 e. The number of rotatable bonds is 5. The van der Waals surface area contributed by atoms with Gasteiger partial charge >= 0.3 is 0 Å². The molecule has 0 unspecified atom stereocenters. The van der Waals surface area contributed by atoms with Gasteiger partial charge in [-0.15, -0.1) is 11.3 Å². The molecular weight excluding hydrogens is 730 g/mol. The van der Waals surface area contributed by atoms with Crippen molar-refractivity contribution in [3.8, 4) is 16.3 Å². The Hall–Kier alpha value is -5.66. The van der Waals surface area contributed by atoms with E-state index in [1.54, 1.807) is 38.2 Å². The van der Waals surface area contributed by atoms with E-state index in [0.717, 1.165) is 25.4 Å². The minimum Gasteiger partial charge on any atom is -0.508 e. The topological polar surface area (TPSA) is 156 Å². The molecule has 4 amide bonds. The van der Waals surface area contributed by atoms with Gasteiger partial charge in [-0.3, -0.25) is 34.0 Å². The predicted molar refractivity (Wildman–Crippen MR) is 202 cm³/mol. The molecule has 6 atom stereocenters. The summed E-state index contributed by atoms with van der Waals surface area (Å²) < 4.78 is 2.55. The van der Waals surface area contributed by atoms with Crippen molar-refractivity contribution >= 4 is 73.8 Å². The van der Waals surface area contributed by atoms with Gasteiger partial charge in [-0.25, -0.2) is 9.80 Å². The number of aromatic nitrogens is 2. The highest BCUT2D eigenvalue weighted by molar-refractivity contribution is 7.22. The molecule has 1 saturated carbocycles. The summed E-state index contributed by atoms with van der Waals surface area (Å²) in [7, 11) is 1.68. The van der Waals surface area contributed by atoms with E-state index in [2.05, 4.69) is 0 Å². The molecule has 9 rings (SSSR count). The zero-order chi connectivity index (χ0) is 38.0. The van der Waals surface area contributed by atoms with Crippen molar-refractivity contribution < 1.29 is 29.2 Å². The average Bonchev–Trinajstić information content (AvgIpc) is 3.82. The standard InChI is InChI=1S/C40H32ClN5O7S/c1-19-26-15-20(41)11-14-31(26)54-35(19)29-18-32(43(3)42-29)45-37(49)28-17-27-23(34(40(28,2)39(45)51)24-9-4-5-10-30(24)47)12-13-25-33(27)38(50)44(36(25)48)21-7-6-8-22(16-21)46(52)53/h4-12,14-16,18,25,27-28,33-34,47H,13,17H2,1-3H3/t25-,27+,28-,33-,34+,40+/m0/s1. The summed E-state index contributed by atoms with van der Waals surface area (Å²) in [5.41, 5.74) is 1.21. The summed E-state index contributed by atoms with van der Waals surface area (Å²) in [6.07, 6.45) is 2.19. The van der Waals surface area contributed by atoms with Crippen LogP contribution in [0, 0.1) is 46.1 Å². The summed E-state index contributed by atoms with van der Waals surface area (Å²) in [6.45, 7) is 3.74. The van der Waals surface area contributed by atoms with Crippen molar-refractivity contribution in [3.63, 3.8) is 0 Å². The molecular formula is C40H32ClN5O7S. The maximum absolute atomic E-state index is 15.0. The zero-order valence-electron chi connectivity index (χ0n) is 29.2. The molecule has 54 heavy (non-hydrogen) atoms. The Kier molecular flexibility index (Phi) is 7.54. The lowest BCUT2D eigenvalue weighted by atomic mass is 9.51. The lowest BCUT2D eigenvalue weighted by Gasteiger charge is -2.49. The number of allylic oxidation sites excluding steroid dienone is 2. The van der Waals surface area contributed by atoms with Crippen LogP contribution in [0.25, 0.3) is 20.7 Å². The van der Waals surface area contributed by atoms with Crippen molar-refractivity contribution in [2.45, 2.75) is 32.6 Å². The quantitative estimate of drug-likeness (QED) is 0.0846. The number of phenols is 1. The number of phenolic OH excluding ortho intramolecular Hbond substituents is 1. The second kappa shape index (κ2) is 11.9. The first-order valence-corrected chi connectivity index (χ1v) is 18.7. The third-order valence-electron chi connectivity index (χ3n) is 12.0. The second-order valence-corrected chi connectivity index (χ2v) is 16.2. The fourth-order valence-corrected chi connectivity index (χ4v) is 10.8. The molecule has 4 heterocycles. The monoisotopic (exact) mass is 761 g/mol. The number of nitro groups is 1. The Morgan fingerprint density at radius 3 is 2.50 bits per heavy atom. The smallest absolute Gasteiger partial charge is 0.271 e. The third-order valence-corrected chi connectivity index (χ3v) is 13.6. The summed E-state index contributed by atoms with van der Waals surface area (Å²) in [6, 6.07) is 19.5. The number of amides is 4. The number of benzene rings is 3. The van der Waals surface area contributed by atoms with Crippen molar-refractivity contribution in [1.82, 2.24) is 9.78 Å². The molecule has 0 spiro atoms. The second-order valence-electron chi connectivity index (χ2n) is 14.7. The number of imide groups is 2. The van der Waals surface area contributed by atoms with Crippen LogP contribution in [0.5, 0.6) is 5.75 Å². The van der Waals surface area contributed by atoms with Crippen LogP contribution in [0.2, 0.25) is 5.02 Å². The number of para-hydroxylation sites is 1. The van der Waals surface area contributed by atoms with E-state index >= 15 is 4.79 Å². The van der Waals surface area contributed by atoms with Gasteiger partial charge in [-0.1, -0.05) is 47.5 Å². The lowest BCUT2D eigenvalue weighted by molar-refractivity contribution is -0.384. The van der Waals surface area contributed by atoms with Crippen LogP contribution in [0.15, 0.2) is 84.4 Å². The minimum absolute atomic E-state index is 0.0555. The number of nitrogens with zero attached hydrogens (tertiary/aromatic N) is 5. The van der Waals surface area contributed by atoms with Crippen molar-refractivity contribution in [1.29, 1.82) is 0 Å². The van der Waals surface area contributed by atoms with Crippen LogP contribution >= 0.6 is 22.9 Å². The average molecular weight is 762 g/mol. The molecule has 1 N–H and O–H groups in total. The number of aromatic hydroxyl groups is 1. The SMILES string of the molecule is Cc1c(-c2cc(N3C(=O)[C@@H]4C[C@@H]5C(=CC[C@@H]6C(=O)N(c7cccc([N+](=O)[O-])c7)C(=O)[C@@H]65)[C@H](c5ccccc5O)[C@]4(C)C3=O)n(C)n2)sc2ccc(Cl)cc12. The van der Waals surface area contributed by atoms with Gasteiger partial charge < -0.3 is 5.11 Å². The fourth-order valence-electron chi connectivity index (χ4n) is 9.52. The van der Waals surface area contributed by atoms with Gasteiger partial charge in [0.25, 0.3) is 5.69 Å². The van der Waals surface area contributed by atoms with Crippen LogP contribution in [0.3, 0.4) is 0 Å². The normalized spacial score (nSPS) is 26.3. The Morgan fingerprint density at radius 2 is 1.74 bits per heavy atom. The third kappa shape index (κ3) is 4.64. The Bertz CT molecular complexity index is 2560. The predicted octanol–water partition coefficient (Wildman–Crippen LogP) is 7.31. The number of hydrogen-bond acceptors (Lipinski definition) is 9. The van der Waals surface area contributed by atoms with E-state index in [1.165, 1.54) is 51.3 Å². The van der Waals surface area contributed by atoms with Gasteiger partial charge in [-0.05, 0) is 73.9 Å². The highest BCUT2D eigenvalue weighted by atomic mass is 35.5. The van der Waals surface area contributed by atoms with Gasteiger partial charge in [0.1, 0.15) is 17.3 Å². The molecule has 2 aromatic heterocycles. The first-order chi connectivity index (χ1) is 25.8. The van der Waals surface area contributed by atoms with Gasteiger partial charge in [0.15, 0.2) is 0 Å². The van der Waals surface area contributed by atoms with E-state index in [4.69, 9.17) is 16.7 Å². The van der Waals surface area contributed by atoms with Gasteiger partial charge in [0.2, 0.25) is 23.6 Å². The van der Waals surface area contributed by atoms with Crippen molar-refractivity contribution in [3.05, 3.63) is 111 Å². The van der Waals surface area contributed by atoms with Crippen molar-refractivity contribution in [2.24, 2.45) is 36.1 Å². The highest BCUT2D eigenvalue weighted by Crippen LogP contribution is 2.64. The number of thiophene rings is 1. The molecule has 2 aliphatic heterocycles. The first kappa shape index (κ1) is 34.1. The number of carbonyl (C=O) groups excluding carboxylic acids is 4. The van der Waals surface area contributed by atoms with Gasteiger partial charge in [0.05, 0.1) is 38.7 Å². The van der Waals surface area contributed by atoms with Crippen LogP contribution in [0.1, 0.15) is 36.8 Å². The Balaban J connectivity index is 1.14. The Morgan fingerprint density at radius 1 is 0.963 bits per heavy atom. The number of halogens is 1. The minimum atomic E-state index is -1.37. The molecule has 12 nitrogen and oxygen atoms in total. The van der Waals surface area contributed by atoms with Crippen molar-refractivity contribution in [2.75, 3.05) is 9.80 Å². The fraction of sp³-hybridized carbons (Fsp3) is 0.275. The molecule has 4 aliphatic rings. The van der Waals surface area contributed by atoms with E-state index < -0.39 is 63.6 Å². The van der Waals surface area contributed by atoms with E-state index in [9.17, 15) is 29.6 Å². The number of fused-ring (bicyclic) bond motifs is 5. The number of anilines is 2. The maximum Gasteiger partial charge on any atom is 0.271 e. The molecule has 0 radical (unpaired) electrons. The van der Waals surface area contributed by atoms with Crippen LogP contribution in [0.4, 0.5) is 17.2 Å². The number of carbonyl (C=O) groups is 4. The number of aryl methyl sites for hydroxylation is 2. The van der Waals surface area contributed by atoms with E-state index in [1.807, 2.05) is 31.2 Å². The zero-order valence-corrected chi connectivity index (χ0v) is 30.8. The van der Waals surface area contributed by atoms with E-state index in [-0.39, 0.29) is 30.0 Å². The van der Waals surface area contributed by atoms with Crippen LogP contribution < -0.4 is 9.80 Å². The molecule has 2 aliphatic carbocycles. The summed E-state index contributed by atoms with van der Waals surface area (Å²) >= 11 is 7.84. The van der Waals surface area contributed by atoms with Crippen LogP contribution in [-0.2, 0) is 26.2 Å². The van der Waals surface area contributed by atoms with E-state index in [0.29, 0.717) is 27.7 Å². The lowest BCUT2D eigenvalue weighted by Crippen LogP contribution is -2.49. The molecule has 0 bridgehead atoms. The number of hydrogen-bond donors (Lipinski definition) is 1. The van der Waals surface area contributed by atoms with Gasteiger partial charge in [-0.2, -0.15) is 5.10 Å². The Labute approximate surface area is 317 Å². The summed E-state index contributed by atoms with van der Waals surface area (Å²) in [5.74, 6) is -5.63. The molecule has 272 valence electrons. The molecule has 5 aromatic rings. The summed E-state index contributed by atoms with van der Waals surface area (Å²) in [5, 5.41) is 29.2. The highest BCUT2D eigenvalue weighted by Gasteiger charge is 2.68.